The second-order valence-corrected chi connectivity index (χ2v) is 5.35. The summed E-state index contributed by atoms with van der Waals surface area (Å²) in [5.74, 6) is 1.26. The Morgan fingerprint density at radius 2 is 2.24 bits per heavy atom. The fourth-order valence-corrected chi connectivity index (χ4v) is 2.39. The molecule has 0 spiro atoms. The van der Waals surface area contributed by atoms with Crippen LogP contribution in [-0.4, -0.2) is 28.6 Å². The van der Waals surface area contributed by atoms with Crippen LogP contribution in [0.5, 0.6) is 0 Å². The summed E-state index contributed by atoms with van der Waals surface area (Å²) < 4.78 is 5.17. The van der Waals surface area contributed by atoms with E-state index in [1.165, 1.54) is 0 Å². The van der Waals surface area contributed by atoms with Crippen molar-refractivity contribution >= 4 is 5.91 Å². The maximum absolute atomic E-state index is 12.5. The highest BCUT2D eigenvalue weighted by atomic mass is 16.5. The molecule has 6 heteroatoms. The van der Waals surface area contributed by atoms with E-state index in [4.69, 9.17) is 10.3 Å². The molecule has 0 saturated heterocycles. The van der Waals surface area contributed by atoms with E-state index in [9.17, 15) is 4.79 Å². The van der Waals surface area contributed by atoms with Crippen molar-refractivity contribution in [3.05, 3.63) is 35.7 Å². The standard InChI is InChI=1S/C15H18N4O2/c1-9-17-15(21-19-9)12-5-3-2-4-11(12)14(20)18-13(8-16)10-6-7-10/h2-5,10,13H,6-8,16H2,1H3,(H,18,20). The Morgan fingerprint density at radius 3 is 2.86 bits per heavy atom. The predicted octanol–water partition coefficient (Wildman–Crippen LogP) is 1.51. The Hall–Kier alpha value is -2.21. The minimum Gasteiger partial charge on any atom is -0.348 e. The lowest BCUT2D eigenvalue weighted by atomic mass is 10.1. The Balaban J connectivity index is 1.86. The molecule has 1 amide bonds. The van der Waals surface area contributed by atoms with E-state index in [1.54, 1.807) is 19.1 Å². The van der Waals surface area contributed by atoms with Crippen LogP contribution in [0, 0.1) is 12.8 Å². The fourth-order valence-electron chi connectivity index (χ4n) is 2.39. The minimum atomic E-state index is -0.149. The first kappa shape index (κ1) is 13.8. The Morgan fingerprint density at radius 1 is 1.48 bits per heavy atom. The van der Waals surface area contributed by atoms with E-state index in [-0.39, 0.29) is 11.9 Å². The van der Waals surface area contributed by atoms with Gasteiger partial charge in [-0.05, 0) is 37.8 Å². The third-order valence-electron chi connectivity index (χ3n) is 3.69. The zero-order chi connectivity index (χ0) is 14.8. The Bertz CT molecular complexity index is 649. The van der Waals surface area contributed by atoms with Crippen LogP contribution >= 0.6 is 0 Å². The minimum absolute atomic E-state index is 0.0370. The first-order valence-electron chi connectivity index (χ1n) is 7.09. The number of carbonyl (C=O) groups excluding carboxylic acids is 1. The van der Waals surface area contributed by atoms with Crippen molar-refractivity contribution in [2.75, 3.05) is 6.54 Å². The normalized spacial score (nSPS) is 15.7. The first-order chi connectivity index (χ1) is 10.2. The van der Waals surface area contributed by atoms with Gasteiger partial charge in [-0.15, -0.1) is 0 Å². The number of nitrogens with two attached hydrogens (primary N) is 1. The smallest absolute Gasteiger partial charge is 0.258 e. The first-order valence-corrected chi connectivity index (χ1v) is 7.09. The molecule has 1 aliphatic rings. The van der Waals surface area contributed by atoms with Crippen LogP contribution in [0.25, 0.3) is 11.5 Å². The second kappa shape index (κ2) is 5.65. The van der Waals surface area contributed by atoms with Crippen LogP contribution < -0.4 is 11.1 Å². The highest BCUT2D eigenvalue weighted by molar-refractivity contribution is 6.00. The molecule has 6 nitrogen and oxygen atoms in total. The summed E-state index contributed by atoms with van der Waals surface area (Å²) in [7, 11) is 0. The van der Waals surface area contributed by atoms with Crippen molar-refractivity contribution in [3.63, 3.8) is 0 Å². The molecule has 110 valence electrons. The van der Waals surface area contributed by atoms with Crippen molar-refractivity contribution in [2.24, 2.45) is 11.7 Å². The van der Waals surface area contributed by atoms with Gasteiger partial charge in [-0.3, -0.25) is 4.79 Å². The van der Waals surface area contributed by atoms with Crippen molar-refractivity contribution in [3.8, 4) is 11.5 Å². The molecule has 0 radical (unpaired) electrons. The lowest BCUT2D eigenvalue weighted by Gasteiger charge is -2.16. The zero-order valence-corrected chi connectivity index (χ0v) is 11.9. The predicted molar refractivity (Wildman–Crippen MR) is 77.5 cm³/mol. The third-order valence-corrected chi connectivity index (χ3v) is 3.69. The van der Waals surface area contributed by atoms with Gasteiger partial charge in [0.2, 0.25) is 0 Å². The van der Waals surface area contributed by atoms with Gasteiger partial charge in [-0.25, -0.2) is 0 Å². The monoisotopic (exact) mass is 286 g/mol. The van der Waals surface area contributed by atoms with Crippen LogP contribution in [0.1, 0.15) is 29.0 Å². The molecule has 1 unspecified atom stereocenters. The van der Waals surface area contributed by atoms with Gasteiger partial charge in [0.15, 0.2) is 5.82 Å². The maximum Gasteiger partial charge on any atom is 0.258 e. The quantitative estimate of drug-likeness (QED) is 0.869. The molecule has 3 rings (SSSR count). The lowest BCUT2D eigenvalue weighted by molar-refractivity contribution is 0.0934. The largest absolute Gasteiger partial charge is 0.348 e. The van der Waals surface area contributed by atoms with Gasteiger partial charge in [0.25, 0.3) is 11.8 Å². The topological polar surface area (TPSA) is 94.0 Å². The Labute approximate surface area is 122 Å². The molecule has 1 saturated carbocycles. The average molecular weight is 286 g/mol. The third kappa shape index (κ3) is 2.95. The molecule has 1 aromatic carbocycles. The molecule has 21 heavy (non-hydrogen) atoms. The van der Waals surface area contributed by atoms with E-state index in [1.807, 2.05) is 12.1 Å². The van der Waals surface area contributed by atoms with Crippen LogP contribution in [0.2, 0.25) is 0 Å². The molecule has 0 aliphatic heterocycles. The van der Waals surface area contributed by atoms with Crippen molar-refractivity contribution in [1.82, 2.24) is 15.5 Å². The molecular formula is C15H18N4O2. The van der Waals surface area contributed by atoms with Crippen LogP contribution in [0.3, 0.4) is 0 Å². The van der Waals surface area contributed by atoms with E-state index in [0.717, 1.165) is 12.8 Å². The highest BCUT2D eigenvalue weighted by Crippen LogP contribution is 2.32. The molecule has 1 fully saturated rings. The number of hydrogen-bond acceptors (Lipinski definition) is 5. The summed E-state index contributed by atoms with van der Waals surface area (Å²) >= 11 is 0. The van der Waals surface area contributed by atoms with E-state index in [2.05, 4.69) is 15.5 Å². The summed E-state index contributed by atoms with van der Waals surface area (Å²) in [5, 5.41) is 6.78. The van der Waals surface area contributed by atoms with Gasteiger partial charge < -0.3 is 15.6 Å². The Kier molecular flexibility index (Phi) is 3.70. The summed E-state index contributed by atoms with van der Waals surface area (Å²) in [5.41, 5.74) is 6.91. The molecular weight excluding hydrogens is 268 g/mol. The molecule has 3 N–H and O–H groups in total. The molecule has 1 aliphatic carbocycles. The zero-order valence-electron chi connectivity index (χ0n) is 11.9. The number of hydrogen-bond donors (Lipinski definition) is 2. The van der Waals surface area contributed by atoms with E-state index in [0.29, 0.717) is 35.3 Å². The second-order valence-electron chi connectivity index (χ2n) is 5.35. The number of carbonyl (C=O) groups is 1. The van der Waals surface area contributed by atoms with Crippen molar-refractivity contribution in [1.29, 1.82) is 0 Å². The van der Waals surface area contributed by atoms with Crippen LogP contribution in [0.15, 0.2) is 28.8 Å². The fraction of sp³-hybridized carbons (Fsp3) is 0.400. The van der Waals surface area contributed by atoms with Crippen LogP contribution in [0.4, 0.5) is 0 Å². The number of nitrogens with zero attached hydrogens (tertiary/aromatic N) is 2. The van der Waals surface area contributed by atoms with Crippen molar-refractivity contribution < 1.29 is 9.32 Å². The average Bonchev–Trinajstić information content (AvgIpc) is 3.26. The van der Waals surface area contributed by atoms with Crippen LogP contribution in [-0.2, 0) is 0 Å². The van der Waals surface area contributed by atoms with E-state index >= 15 is 0 Å². The van der Waals surface area contributed by atoms with Gasteiger partial charge >= 0.3 is 0 Å². The SMILES string of the molecule is Cc1noc(-c2ccccc2C(=O)NC(CN)C2CC2)n1. The number of aromatic nitrogens is 2. The number of benzene rings is 1. The summed E-state index contributed by atoms with van der Waals surface area (Å²) in [6.07, 6.45) is 2.26. The number of amides is 1. The molecule has 1 heterocycles. The number of rotatable bonds is 5. The molecule has 0 bridgehead atoms. The van der Waals surface area contributed by atoms with Gasteiger partial charge in [0.05, 0.1) is 11.1 Å². The highest BCUT2D eigenvalue weighted by Gasteiger charge is 2.32. The summed E-state index contributed by atoms with van der Waals surface area (Å²) in [4.78, 5) is 16.7. The van der Waals surface area contributed by atoms with Gasteiger partial charge in [0, 0.05) is 12.6 Å². The van der Waals surface area contributed by atoms with Gasteiger partial charge in [0.1, 0.15) is 0 Å². The molecule has 1 aromatic heterocycles. The molecule has 1 atom stereocenters. The summed E-state index contributed by atoms with van der Waals surface area (Å²) in [6.45, 7) is 2.20. The van der Waals surface area contributed by atoms with Gasteiger partial charge in [-0.1, -0.05) is 17.3 Å². The van der Waals surface area contributed by atoms with E-state index < -0.39 is 0 Å². The number of aryl methyl sites for hydroxylation is 1. The lowest BCUT2D eigenvalue weighted by Crippen LogP contribution is -2.41. The number of nitrogens with one attached hydrogen (secondary N) is 1. The van der Waals surface area contributed by atoms with Gasteiger partial charge in [-0.2, -0.15) is 4.98 Å². The molecule has 2 aromatic rings. The maximum atomic E-state index is 12.5. The van der Waals surface area contributed by atoms with Crippen molar-refractivity contribution in [2.45, 2.75) is 25.8 Å². The summed E-state index contributed by atoms with van der Waals surface area (Å²) in [6, 6.07) is 7.25.